The summed E-state index contributed by atoms with van der Waals surface area (Å²) in [6.07, 6.45) is 0. The second-order valence-corrected chi connectivity index (χ2v) is 4.69. The average molecular weight is 255 g/mol. The summed E-state index contributed by atoms with van der Waals surface area (Å²) < 4.78 is 1.65. The van der Waals surface area contributed by atoms with Crippen LogP contribution in [-0.2, 0) is 0 Å². The van der Waals surface area contributed by atoms with Crippen molar-refractivity contribution < 1.29 is 4.79 Å². The zero-order valence-corrected chi connectivity index (χ0v) is 9.98. The summed E-state index contributed by atoms with van der Waals surface area (Å²) in [7, 11) is 0. The first-order valence-electron chi connectivity index (χ1n) is 5.58. The highest BCUT2D eigenvalue weighted by molar-refractivity contribution is 6.31. The van der Waals surface area contributed by atoms with Gasteiger partial charge < -0.3 is 0 Å². The zero-order chi connectivity index (χ0) is 12.3. The van der Waals surface area contributed by atoms with Gasteiger partial charge in [-0.3, -0.25) is 9.36 Å². The summed E-state index contributed by atoms with van der Waals surface area (Å²) in [5.41, 5.74) is 3.14. The van der Waals surface area contributed by atoms with E-state index in [0.717, 1.165) is 16.6 Å². The van der Waals surface area contributed by atoms with Crippen LogP contribution in [0.4, 0.5) is 0 Å². The molecule has 0 atom stereocenters. The van der Waals surface area contributed by atoms with E-state index in [-0.39, 0.29) is 5.91 Å². The van der Waals surface area contributed by atoms with Gasteiger partial charge in [0.15, 0.2) is 0 Å². The molecule has 4 heteroatoms. The van der Waals surface area contributed by atoms with Crippen LogP contribution in [0.5, 0.6) is 0 Å². The molecule has 0 bridgehead atoms. The van der Waals surface area contributed by atoms with Crippen LogP contribution in [0.25, 0.3) is 22.4 Å². The Bertz CT molecular complexity index is 820. The standard InChI is InChI=1S/C14H7ClN2O/c15-8-5-6-9-10(7-8)14(18)17-12-4-2-1-3-11(12)16-13(9)17/h1-7H. The van der Waals surface area contributed by atoms with Gasteiger partial charge >= 0.3 is 0 Å². The lowest BCUT2D eigenvalue weighted by molar-refractivity contribution is 0.0973. The quantitative estimate of drug-likeness (QED) is 0.482. The number of carbonyl (C=O) groups excluding carboxylic acids is 1. The molecule has 0 spiro atoms. The van der Waals surface area contributed by atoms with E-state index in [2.05, 4.69) is 4.98 Å². The molecular formula is C14H7ClN2O. The van der Waals surface area contributed by atoms with Crippen LogP contribution < -0.4 is 0 Å². The minimum absolute atomic E-state index is 0.0591. The lowest BCUT2D eigenvalue weighted by atomic mass is 10.1. The number of fused-ring (bicyclic) bond motifs is 5. The molecule has 1 aliphatic rings. The van der Waals surface area contributed by atoms with Crippen LogP contribution >= 0.6 is 11.6 Å². The van der Waals surface area contributed by atoms with Crippen LogP contribution in [0.1, 0.15) is 10.4 Å². The molecule has 18 heavy (non-hydrogen) atoms. The summed E-state index contributed by atoms with van der Waals surface area (Å²) in [6, 6.07) is 12.9. The number of carbonyl (C=O) groups is 1. The molecule has 0 radical (unpaired) electrons. The number of hydrogen-bond acceptors (Lipinski definition) is 2. The molecule has 2 heterocycles. The van der Waals surface area contributed by atoms with Crippen molar-refractivity contribution >= 4 is 28.5 Å². The fourth-order valence-electron chi connectivity index (χ4n) is 2.42. The van der Waals surface area contributed by atoms with E-state index < -0.39 is 0 Å². The fourth-order valence-corrected chi connectivity index (χ4v) is 2.59. The molecule has 0 unspecified atom stereocenters. The van der Waals surface area contributed by atoms with Crippen molar-refractivity contribution in [3.63, 3.8) is 0 Å². The normalized spacial score (nSPS) is 12.8. The molecular weight excluding hydrogens is 248 g/mol. The van der Waals surface area contributed by atoms with Crippen molar-refractivity contribution in [1.29, 1.82) is 0 Å². The molecule has 0 fully saturated rings. The lowest BCUT2D eigenvalue weighted by Crippen LogP contribution is -2.05. The van der Waals surface area contributed by atoms with Gasteiger partial charge in [0.05, 0.1) is 16.6 Å². The number of hydrogen-bond donors (Lipinski definition) is 0. The topological polar surface area (TPSA) is 34.9 Å². The number of benzene rings is 2. The van der Waals surface area contributed by atoms with Gasteiger partial charge in [0.2, 0.25) is 0 Å². The summed E-state index contributed by atoms with van der Waals surface area (Å²) in [4.78, 5) is 16.9. The Hall–Kier alpha value is -2.13. The van der Waals surface area contributed by atoms with Gasteiger partial charge in [0.1, 0.15) is 5.82 Å². The Kier molecular flexibility index (Phi) is 1.76. The second kappa shape index (κ2) is 3.21. The van der Waals surface area contributed by atoms with Gasteiger partial charge in [-0.25, -0.2) is 4.98 Å². The molecule has 0 N–H and O–H groups in total. The van der Waals surface area contributed by atoms with Gasteiger partial charge in [-0.2, -0.15) is 0 Å². The summed E-state index contributed by atoms with van der Waals surface area (Å²) in [5.74, 6) is 0.643. The first kappa shape index (κ1) is 9.85. The molecule has 2 aromatic carbocycles. The highest BCUT2D eigenvalue weighted by Gasteiger charge is 2.29. The van der Waals surface area contributed by atoms with Crippen molar-refractivity contribution in [1.82, 2.24) is 9.55 Å². The van der Waals surface area contributed by atoms with Gasteiger partial charge in [-0.1, -0.05) is 23.7 Å². The molecule has 86 valence electrons. The molecule has 0 saturated heterocycles. The minimum Gasteiger partial charge on any atom is -0.268 e. The van der Waals surface area contributed by atoms with E-state index in [9.17, 15) is 4.79 Å². The van der Waals surface area contributed by atoms with E-state index in [1.165, 1.54) is 0 Å². The van der Waals surface area contributed by atoms with Crippen LogP contribution in [0.15, 0.2) is 42.5 Å². The third-order valence-electron chi connectivity index (χ3n) is 3.22. The first-order chi connectivity index (χ1) is 8.75. The average Bonchev–Trinajstić information content (AvgIpc) is 2.87. The molecule has 0 amide bonds. The van der Waals surface area contributed by atoms with E-state index in [1.807, 2.05) is 30.3 Å². The lowest BCUT2D eigenvalue weighted by Gasteiger charge is -1.98. The minimum atomic E-state index is -0.0591. The maximum atomic E-state index is 12.4. The number of nitrogens with zero attached hydrogens (tertiary/aromatic N) is 2. The SMILES string of the molecule is O=C1c2cc(Cl)ccc2-c2nc3ccccc3n21. The molecule has 1 aromatic heterocycles. The van der Waals surface area contributed by atoms with Crippen LogP contribution in [-0.4, -0.2) is 15.5 Å². The van der Waals surface area contributed by atoms with E-state index in [1.54, 1.807) is 16.7 Å². The Morgan fingerprint density at radius 1 is 1.06 bits per heavy atom. The summed E-state index contributed by atoms with van der Waals surface area (Å²) >= 11 is 5.93. The molecule has 3 aromatic rings. The maximum absolute atomic E-state index is 12.4. The smallest absolute Gasteiger partial charge is 0.264 e. The number of rotatable bonds is 0. The Morgan fingerprint density at radius 3 is 2.78 bits per heavy atom. The first-order valence-corrected chi connectivity index (χ1v) is 5.95. The van der Waals surface area contributed by atoms with Crippen LogP contribution in [0.2, 0.25) is 5.02 Å². The number of halogens is 1. The van der Waals surface area contributed by atoms with E-state index in [0.29, 0.717) is 16.4 Å². The van der Waals surface area contributed by atoms with Crippen molar-refractivity contribution in [2.24, 2.45) is 0 Å². The summed E-state index contributed by atoms with van der Waals surface area (Å²) in [5, 5.41) is 0.567. The van der Waals surface area contributed by atoms with Gasteiger partial charge in [0, 0.05) is 10.6 Å². The Balaban J connectivity index is 2.14. The van der Waals surface area contributed by atoms with E-state index in [4.69, 9.17) is 11.6 Å². The van der Waals surface area contributed by atoms with Crippen LogP contribution in [0, 0.1) is 0 Å². The molecule has 4 rings (SSSR count). The van der Waals surface area contributed by atoms with Crippen molar-refractivity contribution in [2.75, 3.05) is 0 Å². The predicted molar refractivity (Wildman–Crippen MR) is 69.9 cm³/mol. The third-order valence-corrected chi connectivity index (χ3v) is 3.45. The van der Waals surface area contributed by atoms with Gasteiger partial charge in [-0.05, 0) is 30.3 Å². The molecule has 1 aliphatic heterocycles. The number of aromatic nitrogens is 2. The summed E-state index contributed by atoms with van der Waals surface area (Å²) in [6.45, 7) is 0. The molecule has 0 saturated carbocycles. The third kappa shape index (κ3) is 1.09. The monoisotopic (exact) mass is 254 g/mol. The maximum Gasteiger partial charge on any atom is 0.264 e. The highest BCUT2D eigenvalue weighted by Crippen LogP contribution is 2.35. The molecule has 0 aliphatic carbocycles. The van der Waals surface area contributed by atoms with Crippen molar-refractivity contribution in [3.05, 3.63) is 53.1 Å². The number of imidazole rings is 1. The Labute approximate surface area is 108 Å². The van der Waals surface area contributed by atoms with Gasteiger partial charge in [-0.15, -0.1) is 0 Å². The highest BCUT2D eigenvalue weighted by atomic mass is 35.5. The van der Waals surface area contributed by atoms with E-state index >= 15 is 0 Å². The second-order valence-electron chi connectivity index (χ2n) is 4.25. The number of para-hydroxylation sites is 2. The van der Waals surface area contributed by atoms with Crippen LogP contribution in [0.3, 0.4) is 0 Å². The van der Waals surface area contributed by atoms with Crippen molar-refractivity contribution in [3.8, 4) is 11.4 Å². The zero-order valence-electron chi connectivity index (χ0n) is 9.22. The Morgan fingerprint density at radius 2 is 1.89 bits per heavy atom. The van der Waals surface area contributed by atoms with Crippen molar-refractivity contribution in [2.45, 2.75) is 0 Å². The largest absolute Gasteiger partial charge is 0.268 e. The van der Waals surface area contributed by atoms with Gasteiger partial charge in [0.25, 0.3) is 5.91 Å². The fraction of sp³-hybridized carbons (Fsp3) is 0. The molecule has 3 nitrogen and oxygen atoms in total. The predicted octanol–water partition coefficient (Wildman–Crippen LogP) is 3.36.